The van der Waals surface area contributed by atoms with Crippen molar-refractivity contribution >= 4 is 11.7 Å². The third-order valence-electron chi connectivity index (χ3n) is 3.76. The van der Waals surface area contributed by atoms with E-state index in [4.69, 9.17) is 0 Å². The summed E-state index contributed by atoms with van der Waals surface area (Å²) in [7, 11) is 0. The number of rotatable bonds is 5. The minimum Gasteiger partial charge on any atom is -0.334 e. The predicted octanol–water partition coefficient (Wildman–Crippen LogP) is 3.56. The second-order valence-corrected chi connectivity index (χ2v) is 5.65. The van der Waals surface area contributed by atoms with Crippen molar-refractivity contribution in [3.63, 3.8) is 0 Å². The van der Waals surface area contributed by atoms with Gasteiger partial charge in [0.25, 0.3) is 0 Å². The first-order valence-corrected chi connectivity index (χ1v) is 7.86. The summed E-state index contributed by atoms with van der Waals surface area (Å²) in [5.74, 6) is 0. The van der Waals surface area contributed by atoms with Gasteiger partial charge in [-0.2, -0.15) is 5.10 Å². The molecule has 0 saturated carbocycles. The zero-order valence-corrected chi connectivity index (χ0v) is 13.6. The van der Waals surface area contributed by atoms with Gasteiger partial charge in [-0.05, 0) is 36.2 Å². The molecule has 0 spiro atoms. The Bertz CT molecular complexity index is 794. The molecule has 0 radical (unpaired) electrons. The number of urea groups is 1. The van der Waals surface area contributed by atoms with Crippen molar-refractivity contribution in [2.24, 2.45) is 0 Å². The molecule has 0 unspecified atom stereocenters. The van der Waals surface area contributed by atoms with Crippen molar-refractivity contribution in [2.75, 3.05) is 5.32 Å². The molecule has 2 N–H and O–H groups in total. The summed E-state index contributed by atoms with van der Waals surface area (Å²) in [6.45, 7) is 3.17. The fourth-order valence-corrected chi connectivity index (χ4v) is 2.44. The van der Waals surface area contributed by atoms with Crippen LogP contribution >= 0.6 is 0 Å². The Kier molecular flexibility index (Phi) is 4.91. The van der Waals surface area contributed by atoms with E-state index in [2.05, 4.69) is 21.8 Å². The summed E-state index contributed by atoms with van der Waals surface area (Å²) >= 11 is 0. The Hall–Kier alpha value is -3.08. The van der Waals surface area contributed by atoms with Crippen molar-refractivity contribution < 1.29 is 4.79 Å². The van der Waals surface area contributed by atoms with Crippen molar-refractivity contribution in [2.45, 2.75) is 20.0 Å². The normalized spacial score (nSPS) is 10.4. The summed E-state index contributed by atoms with van der Waals surface area (Å²) in [6, 6.07) is 17.4. The van der Waals surface area contributed by atoms with Gasteiger partial charge in [-0.25, -0.2) is 4.79 Å². The molecule has 1 heterocycles. The van der Waals surface area contributed by atoms with Crippen LogP contribution in [-0.4, -0.2) is 15.8 Å². The number of nitrogens with zero attached hydrogens (tertiary/aromatic N) is 2. The molecular weight excluding hydrogens is 300 g/mol. The SMILES string of the molecule is Cc1ccc(NC(=O)NCc2ccccc2Cn2cccn2)cc1. The quantitative estimate of drug-likeness (QED) is 0.755. The maximum absolute atomic E-state index is 12.1. The number of amides is 2. The van der Waals surface area contributed by atoms with Gasteiger partial charge < -0.3 is 10.6 Å². The molecule has 2 aromatic carbocycles. The predicted molar refractivity (Wildman–Crippen MR) is 94.8 cm³/mol. The lowest BCUT2D eigenvalue weighted by atomic mass is 10.1. The molecule has 0 aliphatic carbocycles. The van der Waals surface area contributed by atoms with E-state index >= 15 is 0 Å². The summed E-state index contributed by atoms with van der Waals surface area (Å²) in [4.78, 5) is 12.1. The average Bonchev–Trinajstić information content (AvgIpc) is 3.09. The summed E-state index contributed by atoms with van der Waals surface area (Å²) < 4.78 is 1.87. The molecule has 0 saturated heterocycles. The number of hydrogen-bond donors (Lipinski definition) is 2. The molecule has 3 aromatic rings. The fraction of sp³-hybridized carbons (Fsp3) is 0.158. The monoisotopic (exact) mass is 320 g/mol. The number of nitrogens with one attached hydrogen (secondary N) is 2. The van der Waals surface area contributed by atoms with Crippen LogP contribution in [0, 0.1) is 6.92 Å². The van der Waals surface area contributed by atoms with Crippen LogP contribution < -0.4 is 10.6 Å². The Morgan fingerprint density at radius 1 is 1.04 bits per heavy atom. The molecule has 0 atom stereocenters. The summed E-state index contributed by atoms with van der Waals surface area (Å²) in [5, 5.41) is 9.97. The summed E-state index contributed by atoms with van der Waals surface area (Å²) in [6.07, 6.45) is 3.68. The van der Waals surface area contributed by atoms with Gasteiger partial charge in [0.05, 0.1) is 6.54 Å². The number of hydrogen-bond acceptors (Lipinski definition) is 2. The van der Waals surface area contributed by atoms with E-state index < -0.39 is 0 Å². The Balaban J connectivity index is 1.60. The third-order valence-corrected chi connectivity index (χ3v) is 3.76. The second kappa shape index (κ2) is 7.46. The lowest BCUT2D eigenvalue weighted by Crippen LogP contribution is -2.28. The largest absolute Gasteiger partial charge is 0.334 e. The molecule has 5 heteroatoms. The van der Waals surface area contributed by atoms with Crippen LogP contribution in [0.3, 0.4) is 0 Å². The number of anilines is 1. The minimum absolute atomic E-state index is 0.215. The van der Waals surface area contributed by atoms with Crippen LogP contribution in [-0.2, 0) is 13.1 Å². The van der Waals surface area contributed by atoms with Crippen LogP contribution in [0.1, 0.15) is 16.7 Å². The first kappa shape index (κ1) is 15.8. The van der Waals surface area contributed by atoms with Gasteiger partial charge in [0.1, 0.15) is 0 Å². The van der Waals surface area contributed by atoms with Crippen LogP contribution in [0.2, 0.25) is 0 Å². The van der Waals surface area contributed by atoms with Crippen molar-refractivity contribution in [3.05, 3.63) is 83.7 Å². The number of carbonyl (C=O) groups is 1. The standard InChI is InChI=1S/C19H20N4O/c1-15-7-9-18(10-8-15)22-19(24)20-13-16-5-2-3-6-17(16)14-23-12-4-11-21-23/h2-12H,13-14H2,1H3,(H2,20,22,24). The van der Waals surface area contributed by atoms with Gasteiger partial charge in [0.15, 0.2) is 0 Å². The first-order chi connectivity index (χ1) is 11.7. The Labute approximate surface area is 141 Å². The second-order valence-electron chi connectivity index (χ2n) is 5.65. The highest BCUT2D eigenvalue weighted by Gasteiger charge is 2.06. The molecule has 0 fully saturated rings. The van der Waals surface area contributed by atoms with E-state index in [9.17, 15) is 4.79 Å². The Morgan fingerprint density at radius 3 is 2.50 bits per heavy atom. The molecule has 3 rings (SSSR count). The van der Waals surface area contributed by atoms with Gasteiger partial charge in [-0.3, -0.25) is 4.68 Å². The highest BCUT2D eigenvalue weighted by Crippen LogP contribution is 2.11. The van der Waals surface area contributed by atoms with E-state index in [1.165, 1.54) is 0 Å². The van der Waals surface area contributed by atoms with Gasteiger partial charge in [-0.15, -0.1) is 0 Å². The molecule has 0 aliphatic rings. The average molecular weight is 320 g/mol. The molecule has 24 heavy (non-hydrogen) atoms. The topological polar surface area (TPSA) is 59.0 Å². The maximum Gasteiger partial charge on any atom is 0.319 e. The third kappa shape index (κ3) is 4.23. The van der Waals surface area contributed by atoms with Gasteiger partial charge in [0.2, 0.25) is 0 Å². The van der Waals surface area contributed by atoms with Gasteiger partial charge >= 0.3 is 6.03 Å². The maximum atomic E-state index is 12.1. The summed E-state index contributed by atoms with van der Waals surface area (Å²) in [5.41, 5.74) is 4.15. The van der Waals surface area contributed by atoms with E-state index in [1.807, 2.05) is 66.3 Å². The van der Waals surface area contributed by atoms with E-state index in [-0.39, 0.29) is 6.03 Å². The first-order valence-electron chi connectivity index (χ1n) is 7.86. The van der Waals surface area contributed by atoms with E-state index in [0.29, 0.717) is 13.1 Å². The molecular formula is C19H20N4O. The number of aromatic nitrogens is 2. The zero-order chi connectivity index (χ0) is 16.8. The fourth-order valence-electron chi connectivity index (χ4n) is 2.44. The van der Waals surface area contributed by atoms with Crippen molar-refractivity contribution in [1.29, 1.82) is 0 Å². The molecule has 0 bridgehead atoms. The Morgan fingerprint density at radius 2 is 1.79 bits per heavy atom. The highest BCUT2D eigenvalue weighted by atomic mass is 16.2. The molecule has 2 amide bonds. The molecule has 0 aliphatic heterocycles. The van der Waals surface area contributed by atoms with Crippen molar-refractivity contribution in [1.82, 2.24) is 15.1 Å². The molecule has 5 nitrogen and oxygen atoms in total. The molecule has 1 aromatic heterocycles. The number of aryl methyl sites for hydroxylation is 1. The van der Waals surface area contributed by atoms with Crippen LogP contribution in [0.25, 0.3) is 0 Å². The zero-order valence-electron chi connectivity index (χ0n) is 13.6. The lowest BCUT2D eigenvalue weighted by Gasteiger charge is -2.12. The van der Waals surface area contributed by atoms with Crippen LogP contribution in [0.5, 0.6) is 0 Å². The highest BCUT2D eigenvalue weighted by molar-refractivity contribution is 5.89. The van der Waals surface area contributed by atoms with Crippen LogP contribution in [0.15, 0.2) is 67.0 Å². The smallest absolute Gasteiger partial charge is 0.319 e. The molecule has 122 valence electrons. The number of carbonyl (C=O) groups excluding carboxylic acids is 1. The van der Waals surface area contributed by atoms with Gasteiger partial charge in [0, 0.05) is 24.6 Å². The minimum atomic E-state index is -0.215. The van der Waals surface area contributed by atoms with Gasteiger partial charge in [-0.1, -0.05) is 42.0 Å². The van der Waals surface area contributed by atoms with E-state index in [0.717, 1.165) is 22.4 Å². The number of benzene rings is 2. The lowest BCUT2D eigenvalue weighted by molar-refractivity contribution is 0.251. The van der Waals surface area contributed by atoms with Crippen LogP contribution in [0.4, 0.5) is 10.5 Å². The van der Waals surface area contributed by atoms with E-state index in [1.54, 1.807) is 6.20 Å². The van der Waals surface area contributed by atoms with Crippen molar-refractivity contribution in [3.8, 4) is 0 Å².